The van der Waals surface area contributed by atoms with Crippen LogP contribution in [0.1, 0.15) is 30.1 Å². The van der Waals surface area contributed by atoms with Gasteiger partial charge in [0.05, 0.1) is 10.6 Å². The number of hydrogen-bond donors (Lipinski definition) is 0. The van der Waals surface area contributed by atoms with Crippen LogP contribution in [0.2, 0.25) is 5.02 Å². The third-order valence-electron chi connectivity index (χ3n) is 2.79. The molecule has 80 valence electrons. The fraction of sp³-hybridized carbons (Fsp3) is 0.417. The maximum Gasteiger partial charge on any atom is 0.163 e. The molecule has 1 aromatic carbocycles. The molecular weight excluding hydrogens is 210 g/mol. The van der Waals surface area contributed by atoms with Crippen LogP contribution in [0.25, 0.3) is 0 Å². The van der Waals surface area contributed by atoms with E-state index in [4.69, 9.17) is 11.6 Å². The average molecular weight is 224 g/mol. The predicted molar refractivity (Wildman–Crippen MR) is 62.9 cm³/mol. The van der Waals surface area contributed by atoms with Crippen LogP contribution in [0.5, 0.6) is 0 Å². The molecule has 0 aromatic heterocycles. The Morgan fingerprint density at radius 3 is 2.60 bits per heavy atom. The predicted octanol–water partition coefficient (Wildman–Crippen LogP) is 3.14. The molecule has 1 aliphatic rings. The third kappa shape index (κ3) is 2.00. The Kier molecular flexibility index (Phi) is 2.96. The zero-order valence-corrected chi connectivity index (χ0v) is 9.55. The standard InChI is InChI=1S/C12H14ClNO/c1-9(15)12-10(13)5-4-6-11(12)14-7-2-3-8-14/h4-6H,2-3,7-8H2,1H3. The fourth-order valence-corrected chi connectivity index (χ4v) is 2.39. The molecule has 1 aliphatic heterocycles. The second-order valence-electron chi connectivity index (χ2n) is 3.88. The van der Waals surface area contributed by atoms with E-state index in [2.05, 4.69) is 4.90 Å². The van der Waals surface area contributed by atoms with Gasteiger partial charge in [-0.3, -0.25) is 4.79 Å². The molecule has 0 saturated carbocycles. The van der Waals surface area contributed by atoms with Gasteiger partial charge in [0.25, 0.3) is 0 Å². The molecule has 1 heterocycles. The van der Waals surface area contributed by atoms with Crippen molar-refractivity contribution in [1.82, 2.24) is 0 Å². The van der Waals surface area contributed by atoms with Crippen molar-refractivity contribution in [2.45, 2.75) is 19.8 Å². The van der Waals surface area contributed by atoms with E-state index in [0.29, 0.717) is 10.6 Å². The van der Waals surface area contributed by atoms with E-state index >= 15 is 0 Å². The molecule has 0 bridgehead atoms. The average Bonchev–Trinajstić information content (AvgIpc) is 2.69. The molecule has 0 spiro atoms. The molecule has 3 heteroatoms. The third-order valence-corrected chi connectivity index (χ3v) is 3.11. The summed E-state index contributed by atoms with van der Waals surface area (Å²) < 4.78 is 0. The van der Waals surface area contributed by atoms with Gasteiger partial charge < -0.3 is 4.90 Å². The number of carbonyl (C=O) groups is 1. The molecule has 2 rings (SSSR count). The van der Waals surface area contributed by atoms with Crippen LogP contribution in [0.4, 0.5) is 5.69 Å². The van der Waals surface area contributed by atoms with Crippen LogP contribution in [0, 0.1) is 0 Å². The van der Waals surface area contributed by atoms with Crippen molar-refractivity contribution < 1.29 is 4.79 Å². The number of rotatable bonds is 2. The lowest BCUT2D eigenvalue weighted by atomic mass is 10.1. The summed E-state index contributed by atoms with van der Waals surface area (Å²) in [6, 6.07) is 5.66. The maximum absolute atomic E-state index is 11.5. The first-order valence-electron chi connectivity index (χ1n) is 5.24. The number of benzene rings is 1. The van der Waals surface area contributed by atoms with Crippen molar-refractivity contribution >= 4 is 23.1 Å². The van der Waals surface area contributed by atoms with E-state index in [0.717, 1.165) is 18.8 Å². The first kappa shape index (κ1) is 10.5. The normalized spacial score (nSPS) is 15.7. The molecule has 0 N–H and O–H groups in total. The highest BCUT2D eigenvalue weighted by Gasteiger charge is 2.19. The highest BCUT2D eigenvalue weighted by atomic mass is 35.5. The van der Waals surface area contributed by atoms with E-state index < -0.39 is 0 Å². The van der Waals surface area contributed by atoms with Gasteiger partial charge in [-0.05, 0) is 31.9 Å². The second kappa shape index (κ2) is 4.23. The Labute approximate surface area is 94.8 Å². The summed E-state index contributed by atoms with van der Waals surface area (Å²) in [5.41, 5.74) is 1.66. The summed E-state index contributed by atoms with van der Waals surface area (Å²) in [7, 11) is 0. The van der Waals surface area contributed by atoms with E-state index in [9.17, 15) is 4.79 Å². The minimum atomic E-state index is 0.0440. The lowest BCUT2D eigenvalue weighted by molar-refractivity contribution is 0.101. The van der Waals surface area contributed by atoms with Gasteiger partial charge in [-0.1, -0.05) is 17.7 Å². The van der Waals surface area contributed by atoms with Crippen molar-refractivity contribution in [2.75, 3.05) is 18.0 Å². The van der Waals surface area contributed by atoms with Gasteiger partial charge in [-0.2, -0.15) is 0 Å². The van der Waals surface area contributed by atoms with Crippen molar-refractivity contribution in [3.63, 3.8) is 0 Å². The van der Waals surface area contributed by atoms with Crippen molar-refractivity contribution in [3.8, 4) is 0 Å². The van der Waals surface area contributed by atoms with Gasteiger partial charge in [0, 0.05) is 18.8 Å². The minimum absolute atomic E-state index is 0.0440. The second-order valence-corrected chi connectivity index (χ2v) is 4.29. The highest BCUT2D eigenvalue weighted by Crippen LogP contribution is 2.30. The fourth-order valence-electron chi connectivity index (χ4n) is 2.08. The van der Waals surface area contributed by atoms with Crippen LogP contribution in [-0.2, 0) is 0 Å². The van der Waals surface area contributed by atoms with Crippen LogP contribution >= 0.6 is 11.6 Å². The molecular formula is C12H14ClNO. The number of anilines is 1. The maximum atomic E-state index is 11.5. The molecule has 0 amide bonds. The number of carbonyl (C=O) groups excluding carboxylic acids is 1. The number of ketones is 1. The smallest absolute Gasteiger partial charge is 0.163 e. The van der Waals surface area contributed by atoms with Gasteiger partial charge in [0.2, 0.25) is 0 Å². The molecule has 1 saturated heterocycles. The van der Waals surface area contributed by atoms with E-state index in [1.807, 2.05) is 12.1 Å². The van der Waals surface area contributed by atoms with E-state index in [1.54, 1.807) is 13.0 Å². The topological polar surface area (TPSA) is 20.3 Å². The Bertz CT molecular complexity index is 383. The van der Waals surface area contributed by atoms with Gasteiger partial charge in [0.15, 0.2) is 5.78 Å². The molecule has 0 unspecified atom stereocenters. The molecule has 1 aromatic rings. The molecule has 0 aliphatic carbocycles. The SMILES string of the molecule is CC(=O)c1c(Cl)cccc1N1CCCC1. The Hall–Kier alpha value is -1.02. The van der Waals surface area contributed by atoms with Crippen LogP contribution < -0.4 is 4.90 Å². The molecule has 15 heavy (non-hydrogen) atoms. The largest absolute Gasteiger partial charge is 0.371 e. The lowest BCUT2D eigenvalue weighted by Crippen LogP contribution is -2.20. The first-order chi connectivity index (χ1) is 7.20. The molecule has 0 radical (unpaired) electrons. The summed E-state index contributed by atoms with van der Waals surface area (Å²) in [5, 5.41) is 0.562. The number of halogens is 1. The zero-order valence-electron chi connectivity index (χ0n) is 8.79. The van der Waals surface area contributed by atoms with Crippen LogP contribution in [0.3, 0.4) is 0 Å². The monoisotopic (exact) mass is 223 g/mol. The Balaban J connectivity index is 2.45. The van der Waals surface area contributed by atoms with E-state index in [1.165, 1.54) is 12.8 Å². The van der Waals surface area contributed by atoms with Gasteiger partial charge in [-0.25, -0.2) is 0 Å². The van der Waals surface area contributed by atoms with Gasteiger partial charge in [-0.15, -0.1) is 0 Å². The number of nitrogens with zero attached hydrogens (tertiary/aromatic N) is 1. The Morgan fingerprint density at radius 2 is 2.00 bits per heavy atom. The van der Waals surface area contributed by atoms with Crippen LogP contribution in [-0.4, -0.2) is 18.9 Å². The summed E-state index contributed by atoms with van der Waals surface area (Å²) in [5.74, 6) is 0.0440. The van der Waals surface area contributed by atoms with Crippen molar-refractivity contribution in [1.29, 1.82) is 0 Å². The van der Waals surface area contributed by atoms with Gasteiger partial charge >= 0.3 is 0 Å². The summed E-state index contributed by atoms with van der Waals surface area (Å²) in [6.45, 7) is 3.63. The summed E-state index contributed by atoms with van der Waals surface area (Å²) in [6.07, 6.45) is 2.40. The Morgan fingerprint density at radius 1 is 1.33 bits per heavy atom. The van der Waals surface area contributed by atoms with Crippen LogP contribution in [0.15, 0.2) is 18.2 Å². The number of hydrogen-bond acceptors (Lipinski definition) is 2. The molecule has 1 fully saturated rings. The lowest BCUT2D eigenvalue weighted by Gasteiger charge is -2.20. The van der Waals surface area contributed by atoms with Gasteiger partial charge in [0.1, 0.15) is 0 Å². The van der Waals surface area contributed by atoms with E-state index in [-0.39, 0.29) is 5.78 Å². The van der Waals surface area contributed by atoms with Crippen molar-refractivity contribution in [2.24, 2.45) is 0 Å². The zero-order chi connectivity index (χ0) is 10.8. The first-order valence-corrected chi connectivity index (χ1v) is 5.62. The minimum Gasteiger partial charge on any atom is -0.371 e. The molecule has 0 atom stereocenters. The quantitative estimate of drug-likeness (QED) is 0.718. The van der Waals surface area contributed by atoms with Crippen molar-refractivity contribution in [3.05, 3.63) is 28.8 Å². The summed E-state index contributed by atoms with van der Waals surface area (Å²) >= 11 is 6.06. The summed E-state index contributed by atoms with van der Waals surface area (Å²) in [4.78, 5) is 13.8. The molecule has 2 nitrogen and oxygen atoms in total. The highest BCUT2D eigenvalue weighted by molar-refractivity contribution is 6.34. The number of Topliss-reactive ketones (excluding diaryl/α,β-unsaturated/α-hetero) is 1.